The molecule has 106 valence electrons. The van der Waals surface area contributed by atoms with Gasteiger partial charge < -0.3 is 20.7 Å². The van der Waals surface area contributed by atoms with Gasteiger partial charge in [0.05, 0.1) is 6.33 Å². The van der Waals surface area contributed by atoms with Crippen molar-refractivity contribution >= 4 is 11.9 Å². The van der Waals surface area contributed by atoms with Gasteiger partial charge >= 0.3 is 5.97 Å². The Hall–Kier alpha value is -1.89. The van der Waals surface area contributed by atoms with Gasteiger partial charge in [-0.3, -0.25) is 4.79 Å². The molecule has 0 fully saturated rings. The fraction of sp³-hybridized carbons (Fsp3) is 0.583. The molecule has 0 radical (unpaired) electrons. The van der Waals surface area contributed by atoms with Gasteiger partial charge in [-0.1, -0.05) is 20.3 Å². The van der Waals surface area contributed by atoms with Crippen LogP contribution in [0.3, 0.4) is 0 Å². The molecule has 0 aromatic carbocycles. The molecule has 1 amide bonds. The normalized spacial score (nSPS) is 13.8. The zero-order valence-corrected chi connectivity index (χ0v) is 11.2. The molecule has 7 nitrogen and oxygen atoms in total. The Morgan fingerprint density at radius 1 is 1.58 bits per heavy atom. The van der Waals surface area contributed by atoms with Crippen LogP contribution in [-0.4, -0.2) is 39.1 Å². The van der Waals surface area contributed by atoms with Crippen LogP contribution in [0.1, 0.15) is 30.8 Å². The lowest BCUT2D eigenvalue weighted by molar-refractivity contribution is -0.140. The highest BCUT2D eigenvalue weighted by molar-refractivity contribution is 5.94. The minimum Gasteiger partial charge on any atom is -0.480 e. The molecule has 0 bridgehead atoms. The van der Waals surface area contributed by atoms with Crippen LogP contribution in [0.15, 0.2) is 12.5 Å². The highest BCUT2D eigenvalue weighted by atomic mass is 16.4. The molecule has 1 heterocycles. The molecule has 0 spiro atoms. The Morgan fingerprint density at radius 3 is 2.79 bits per heavy atom. The summed E-state index contributed by atoms with van der Waals surface area (Å²) < 4.78 is 1.69. The van der Waals surface area contributed by atoms with E-state index in [1.165, 1.54) is 6.33 Å². The number of imidazole rings is 1. The predicted octanol–water partition coefficient (Wildman–Crippen LogP) is 0.0709. The van der Waals surface area contributed by atoms with Gasteiger partial charge in [0.25, 0.3) is 5.91 Å². The molecule has 0 saturated heterocycles. The lowest BCUT2D eigenvalue weighted by atomic mass is 9.99. The number of aromatic nitrogens is 2. The first-order valence-corrected chi connectivity index (χ1v) is 6.25. The third-order valence-corrected chi connectivity index (χ3v) is 3.02. The first-order chi connectivity index (χ1) is 8.99. The summed E-state index contributed by atoms with van der Waals surface area (Å²) in [5.74, 6) is -1.67. The Bertz CT molecular complexity index is 444. The number of amides is 1. The van der Waals surface area contributed by atoms with E-state index < -0.39 is 17.9 Å². The van der Waals surface area contributed by atoms with Gasteiger partial charge in [0.2, 0.25) is 0 Å². The van der Waals surface area contributed by atoms with Crippen LogP contribution in [0, 0.1) is 5.92 Å². The molecule has 0 unspecified atom stereocenters. The zero-order chi connectivity index (χ0) is 14.4. The number of nitrogens with two attached hydrogens (primary N) is 1. The monoisotopic (exact) mass is 268 g/mol. The first-order valence-electron chi connectivity index (χ1n) is 6.25. The van der Waals surface area contributed by atoms with Crippen molar-refractivity contribution in [2.75, 3.05) is 6.54 Å². The summed E-state index contributed by atoms with van der Waals surface area (Å²) in [7, 11) is 0. The summed E-state index contributed by atoms with van der Waals surface area (Å²) in [5.41, 5.74) is 5.59. The van der Waals surface area contributed by atoms with Crippen molar-refractivity contribution in [3.63, 3.8) is 0 Å². The second kappa shape index (κ2) is 6.89. The van der Waals surface area contributed by atoms with Crippen LogP contribution in [0.4, 0.5) is 0 Å². The lowest BCUT2D eigenvalue weighted by Gasteiger charge is -2.19. The van der Waals surface area contributed by atoms with Crippen LogP contribution in [0.5, 0.6) is 0 Å². The average Bonchev–Trinajstić information content (AvgIpc) is 2.83. The summed E-state index contributed by atoms with van der Waals surface area (Å²) in [4.78, 5) is 27.0. The van der Waals surface area contributed by atoms with E-state index in [-0.39, 0.29) is 11.6 Å². The number of hydrogen-bond acceptors (Lipinski definition) is 4. The Morgan fingerprint density at radius 2 is 2.26 bits per heavy atom. The van der Waals surface area contributed by atoms with Crippen molar-refractivity contribution in [3.8, 4) is 0 Å². The van der Waals surface area contributed by atoms with Crippen LogP contribution >= 0.6 is 0 Å². The maximum Gasteiger partial charge on any atom is 0.326 e. The van der Waals surface area contributed by atoms with E-state index in [0.29, 0.717) is 19.5 Å². The number of carboxylic acid groups (broad SMARTS) is 1. The van der Waals surface area contributed by atoms with E-state index in [1.807, 2.05) is 6.92 Å². The summed E-state index contributed by atoms with van der Waals surface area (Å²) in [5, 5.41) is 11.6. The molecule has 1 aromatic heterocycles. The average molecular weight is 268 g/mol. The van der Waals surface area contributed by atoms with Gasteiger partial charge in [-0.25, -0.2) is 9.78 Å². The van der Waals surface area contributed by atoms with Crippen LogP contribution in [0.25, 0.3) is 0 Å². The minimum absolute atomic E-state index is 0.146. The number of carbonyl (C=O) groups is 2. The molecule has 0 aliphatic heterocycles. The van der Waals surface area contributed by atoms with E-state index in [1.54, 1.807) is 17.7 Å². The van der Waals surface area contributed by atoms with Crippen molar-refractivity contribution in [3.05, 3.63) is 18.2 Å². The molecule has 2 atom stereocenters. The summed E-state index contributed by atoms with van der Waals surface area (Å²) in [6.07, 6.45) is 3.72. The maximum absolute atomic E-state index is 11.9. The summed E-state index contributed by atoms with van der Waals surface area (Å²) in [6.45, 7) is 4.67. The van der Waals surface area contributed by atoms with E-state index in [9.17, 15) is 9.59 Å². The third-order valence-electron chi connectivity index (χ3n) is 3.02. The number of aliphatic carboxylic acids is 1. The summed E-state index contributed by atoms with van der Waals surface area (Å²) in [6, 6.07) is -0.905. The van der Waals surface area contributed by atoms with Crippen molar-refractivity contribution in [2.45, 2.75) is 32.9 Å². The lowest BCUT2D eigenvalue weighted by Crippen LogP contribution is -2.45. The van der Waals surface area contributed by atoms with Crippen LogP contribution < -0.4 is 11.1 Å². The number of carbonyl (C=O) groups excluding carboxylic acids is 1. The van der Waals surface area contributed by atoms with Gasteiger partial charge in [-0.15, -0.1) is 0 Å². The molecular weight excluding hydrogens is 248 g/mol. The SMILES string of the molecule is CC[C@H](C)[C@H](NC(=O)c1cn(CCN)cn1)C(=O)O. The topological polar surface area (TPSA) is 110 Å². The first kappa shape index (κ1) is 15.2. The second-order valence-electron chi connectivity index (χ2n) is 4.46. The van der Waals surface area contributed by atoms with Crippen molar-refractivity contribution in [1.82, 2.24) is 14.9 Å². The molecule has 1 aromatic rings. The van der Waals surface area contributed by atoms with Crippen LogP contribution in [0.2, 0.25) is 0 Å². The number of hydrogen-bond donors (Lipinski definition) is 3. The third kappa shape index (κ3) is 4.06. The number of carboxylic acids is 1. The predicted molar refractivity (Wildman–Crippen MR) is 69.6 cm³/mol. The molecule has 0 aliphatic rings. The fourth-order valence-corrected chi connectivity index (χ4v) is 1.65. The van der Waals surface area contributed by atoms with Gasteiger partial charge in [0, 0.05) is 19.3 Å². The highest BCUT2D eigenvalue weighted by Gasteiger charge is 2.26. The van der Waals surface area contributed by atoms with Crippen molar-refractivity contribution in [1.29, 1.82) is 0 Å². The Balaban J connectivity index is 2.73. The number of rotatable bonds is 7. The largest absolute Gasteiger partial charge is 0.480 e. The molecule has 0 aliphatic carbocycles. The van der Waals surface area contributed by atoms with Crippen molar-refractivity contribution in [2.24, 2.45) is 11.7 Å². The van der Waals surface area contributed by atoms with Gasteiger partial charge in [0.1, 0.15) is 11.7 Å². The molecule has 0 saturated carbocycles. The fourth-order valence-electron chi connectivity index (χ4n) is 1.65. The number of nitrogens with zero attached hydrogens (tertiary/aromatic N) is 2. The quantitative estimate of drug-likeness (QED) is 0.648. The molecule has 1 rings (SSSR count). The summed E-state index contributed by atoms with van der Waals surface area (Å²) >= 11 is 0. The van der Waals surface area contributed by atoms with E-state index in [4.69, 9.17) is 10.8 Å². The molecular formula is C12H20N4O3. The number of nitrogens with one attached hydrogen (secondary N) is 1. The van der Waals surface area contributed by atoms with Crippen molar-refractivity contribution < 1.29 is 14.7 Å². The molecule has 19 heavy (non-hydrogen) atoms. The molecule has 7 heteroatoms. The van der Waals surface area contributed by atoms with Gasteiger partial charge in [-0.2, -0.15) is 0 Å². The van der Waals surface area contributed by atoms with Gasteiger partial charge in [-0.05, 0) is 5.92 Å². The molecule has 4 N–H and O–H groups in total. The minimum atomic E-state index is -1.04. The second-order valence-corrected chi connectivity index (χ2v) is 4.46. The Labute approximate surface area is 111 Å². The zero-order valence-electron chi connectivity index (χ0n) is 11.2. The van der Waals surface area contributed by atoms with Gasteiger partial charge in [0.15, 0.2) is 0 Å². The maximum atomic E-state index is 11.9. The van der Waals surface area contributed by atoms with E-state index in [0.717, 1.165) is 0 Å². The van der Waals surface area contributed by atoms with E-state index >= 15 is 0 Å². The van der Waals surface area contributed by atoms with E-state index in [2.05, 4.69) is 10.3 Å². The highest BCUT2D eigenvalue weighted by Crippen LogP contribution is 2.09. The Kier molecular flexibility index (Phi) is 5.50. The standard InChI is InChI=1S/C12H20N4O3/c1-3-8(2)10(12(18)19)15-11(17)9-6-16(5-4-13)7-14-9/h6-8,10H,3-5,13H2,1-2H3,(H,15,17)(H,18,19)/t8-,10-/m0/s1. The smallest absolute Gasteiger partial charge is 0.326 e. The van der Waals surface area contributed by atoms with Crippen LogP contribution in [-0.2, 0) is 11.3 Å².